The molecule has 2 aliphatic carbocycles. The van der Waals surface area contributed by atoms with Gasteiger partial charge in [0.1, 0.15) is 0 Å². The van der Waals surface area contributed by atoms with Gasteiger partial charge in [-0.3, -0.25) is 0 Å². The van der Waals surface area contributed by atoms with Crippen LogP contribution in [0, 0.1) is 47.3 Å². The molecule has 0 spiro atoms. The van der Waals surface area contributed by atoms with Crippen molar-refractivity contribution < 1.29 is 0 Å². The molecule has 0 aliphatic heterocycles. The molecule has 4 atom stereocenters. The fourth-order valence-corrected chi connectivity index (χ4v) is 5.53. The van der Waals surface area contributed by atoms with E-state index in [1.807, 2.05) is 13.8 Å². The maximum absolute atomic E-state index is 2.53. The maximum atomic E-state index is 2.53. The fourth-order valence-electron chi connectivity index (χ4n) is 5.53. The smallest absolute Gasteiger partial charge is 0.0334 e. The summed E-state index contributed by atoms with van der Waals surface area (Å²) in [4.78, 5) is 0. The van der Waals surface area contributed by atoms with Crippen molar-refractivity contribution in [1.82, 2.24) is 0 Å². The van der Waals surface area contributed by atoms with Crippen molar-refractivity contribution in [3.63, 3.8) is 0 Å². The Hall–Kier alpha value is 0. The first-order valence-electron chi connectivity index (χ1n) is 9.40. The quantitative estimate of drug-likeness (QED) is 0.504. The average Bonchev–Trinajstić information content (AvgIpc) is 2.37. The Morgan fingerprint density at radius 1 is 0.550 bits per heavy atom. The Morgan fingerprint density at radius 3 is 1.35 bits per heavy atom. The van der Waals surface area contributed by atoms with Gasteiger partial charge in [-0.2, -0.15) is 0 Å². The zero-order valence-electron chi connectivity index (χ0n) is 15.4. The summed E-state index contributed by atoms with van der Waals surface area (Å²) >= 11 is 0. The second kappa shape index (κ2) is 7.85. The Morgan fingerprint density at radius 2 is 0.950 bits per heavy atom. The predicted octanol–water partition coefficient (Wildman–Crippen LogP) is 6.65. The van der Waals surface area contributed by atoms with E-state index in [2.05, 4.69) is 41.5 Å². The van der Waals surface area contributed by atoms with E-state index >= 15 is 0 Å². The fraction of sp³-hybridized carbons (Fsp3) is 1.00. The van der Waals surface area contributed by atoms with Crippen molar-refractivity contribution in [3.05, 3.63) is 0 Å². The minimum atomic E-state index is 0.939. The van der Waals surface area contributed by atoms with Crippen molar-refractivity contribution in [2.24, 2.45) is 47.3 Å². The summed E-state index contributed by atoms with van der Waals surface area (Å²) in [5.41, 5.74) is 0. The van der Waals surface area contributed by atoms with Crippen LogP contribution >= 0.6 is 0 Å². The van der Waals surface area contributed by atoms with E-state index in [0.29, 0.717) is 0 Å². The van der Waals surface area contributed by atoms with Crippen LogP contribution in [0.2, 0.25) is 0 Å². The van der Waals surface area contributed by atoms with E-state index in [4.69, 9.17) is 0 Å². The highest BCUT2D eigenvalue weighted by atomic mass is 14.5. The third kappa shape index (κ3) is 4.01. The van der Waals surface area contributed by atoms with Crippen LogP contribution in [0.15, 0.2) is 0 Å². The lowest BCUT2D eigenvalue weighted by atomic mass is 9.58. The van der Waals surface area contributed by atoms with E-state index in [1.54, 1.807) is 0 Å². The van der Waals surface area contributed by atoms with Crippen molar-refractivity contribution in [2.75, 3.05) is 0 Å². The third-order valence-corrected chi connectivity index (χ3v) is 6.55. The molecule has 0 nitrogen and oxygen atoms in total. The van der Waals surface area contributed by atoms with Gasteiger partial charge in [0.05, 0.1) is 0 Å². The van der Waals surface area contributed by atoms with E-state index in [9.17, 15) is 0 Å². The molecular formula is C20H40. The lowest BCUT2D eigenvalue weighted by Gasteiger charge is -2.47. The van der Waals surface area contributed by atoms with Crippen LogP contribution in [-0.2, 0) is 0 Å². The summed E-state index contributed by atoms with van der Waals surface area (Å²) < 4.78 is 0. The Bertz CT molecular complexity index is 245. The molecule has 120 valence electrons. The molecule has 20 heavy (non-hydrogen) atoms. The van der Waals surface area contributed by atoms with Crippen LogP contribution in [-0.4, -0.2) is 0 Å². The van der Waals surface area contributed by atoms with Crippen LogP contribution in [0.4, 0.5) is 0 Å². The highest BCUT2D eigenvalue weighted by Gasteiger charge is 2.40. The van der Waals surface area contributed by atoms with Crippen LogP contribution < -0.4 is 0 Å². The van der Waals surface area contributed by atoms with Gasteiger partial charge in [-0.15, -0.1) is 0 Å². The standard InChI is InChI=1S/C18H34.C2H6/c1-11-7-14(4)18(15(5)8-11)17-9-12(2)16(6)13(3)10-17;1-2/h11-18H,7-10H2,1-6H3;1-2H3. The Kier molecular flexibility index (Phi) is 7.09. The summed E-state index contributed by atoms with van der Waals surface area (Å²) in [5.74, 6) is 7.73. The molecule has 2 rings (SSSR count). The van der Waals surface area contributed by atoms with E-state index in [1.165, 1.54) is 25.7 Å². The molecule has 2 saturated carbocycles. The Labute approximate surface area is 129 Å². The molecule has 0 radical (unpaired) electrons. The highest BCUT2D eigenvalue weighted by Crippen LogP contribution is 2.49. The van der Waals surface area contributed by atoms with Gasteiger partial charge in [0.2, 0.25) is 0 Å². The summed E-state index contributed by atoms with van der Waals surface area (Å²) in [7, 11) is 0. The minimum Gasteiger partial charge on any atom is -0.0683 e. The average molecular weight is 281 g/mol. The molecule has 0 amide bonds. The number of hydrogen-bond donors (Lipinski definition) is 0. The predicted molar refractivity (Wildman–Crippen MR) is 91.8 cm³/mol. The third-order valence-electron chi connectivity index (χ3n) is 6.55. The molecule has 0 aromatic heterocycles. The summed E-state index contributed by atoms with van der Waals surface area (Å²) in [6, 6.07) is 0. The van der Waals surface area contributed by atoms with Gasteiger partial charge in [-0.1, -0.05) is 55.4 Å². The normalized spacial score (nSPS) is 49.2. The van der Waals surface area contributed by atoms with E-state index in [0.717, 1.165) is 47.3 Å². The van der Waals surface area contributed by atoms with Gasteiger partial charge in [-0.25, -0.2) is 0 Å². The zero-order valence-corrected chi connectivity index (χ0v) is 15.4. The first kappa shape index (κ1) is 18.1. The van der Waals surface area contributed by atoms with Gasteiger partial charge in [0.25, 0.3) is 0 Å². The molecule has 0 heterocycles. The maximum Gasteiger partial charge on any atom is -0.0334 e. The molecule has 4 unspecified atom stereocenters. The van der Waals surface area contributed by atoms with E-state index in [-0.39, 0.29) is 0 Å². The highest BCUT2D eigenvalue weighted by molar-refractivity contribution is 4.90. The molecule has 0 N–H and O–H groups in total. The first-order valence-corrected chi connectivity index (χ1v) is 9.40. The molecule has 0 aromatic rings. The van der Waals surface area contributed by atoms with Crippen molar-refractivity contribution in [1.29, 1.82) is 0 Å². The number of hydrogen-bond acceptors (Lipinski definition) is 0. The van der Waals surface area contributed by atoms with Crippen molar-refractivity contribution in [3.8, 4) is 0 Å². The van der Waals surface area contributed by atoms with Crippen molar-refractivity contribution in [2.45, 2.75) is 81.1 Å². The molecule has 0 aromatic carbocycles. The molecule has 2 fully saturated rings. The van der Waals surface area contributed by atoms with Gasteiger partial charge < -0.3 is 0 Å². The lowest BCUT2D eigenvalue weighted by Crippen LogP contribution is -2.39. The van der Waals surface area contributed by atoms with E-state index < -0.39 is 0 Å². The zero-order chi connectivity index (χ0) is 15.4. The SMILES string of the molecule is CC.CC1CC(C)C(C2CC(C)C(C)C(C)C2)C(C)C1. The Balaban J connectivity index is 0.000000956. The number of rotatable bonds is 1. The molecule has 0 bridgehead atoms. The minimum absolute atomic E-state index is 0.939. The van der Waals surface area contributed by atoms with Gasteiger partial charge in [-0.05, 0) is 73.0 Å². The second-order valence-corrected chi connectivity index (χ2v) is 8.15. The summed E-state index contributed by atoms with van der Waals surface area (Å²) in [5, 5.41) is 0. The van der Waals surface area contributed by atoms with Gasteiger partial charge >= 0.3 is 0 Å². The lowest BCUT2D eigenvalue weighted by molar-refractivity contribution is 0.0200. The summed E-state index contributed by atoms with van der Waals surface area (Å²) in [6.45, 7) is 19.0. The topological polar surface area (TPSA) is 0 Å². The monoisotopic (exact) mass is 280 g/mol. The molecule has 0 saturated heterocycles. The molecule has 2 aliphatic rings. The van der Waals surface area contributed by atoms with Crippen LogP contribution in [0.1, 0.15) is 81.1 Å². The largest absolute Gasteiger partial charge is 0.0683 e. The molecule has 0 heteroatoms. The van der Waals surface area contributed by atoms with Crippen LogP contribution in [0.25, 0.3) is 0 Å². The summed E-state index contributed by atoms with van der Waals surface area (Å²) in [6.07, 6.45) is 5.95. The van der Waals surface area contributed by atoms with Gasteiger partial charge in [0.15, 0.2) is 0 Å². The van der Waals surface area contributed by atoms with Crippen molar-refractivity contribution >= 4 is 0 Å². The molecular weight excluding hydrogens is 240 g/mol. The second-order valence-electron chi connectivity index (χ2n) is 8.15. The van der Waals surface area contributed by atoms with Gasteiger partial charge in [0, 0.05) is 0 Å². The van der Waals surface area contributed by atoms with Crippen LogP contribution in [0.5, 0.6) is 0 Å². The first-order chi connectivity index (χ1) is 9.40. The van der Waals surface area contributed by atoms with Crippen LogP contribution in [0.3, 0.4) is 0 Å².